The maximum atomic E-state index is 5.13. The molecule has 0 aliphatic rings. The Labute approximate surface area is 98.4 Å². The molecule has 0 aliphatic heterocycles. The van der Waals surface area contributed by atoms with Gasteiger partial charge in [-0.1, -0.05) is 16.6 Å². The Bertz CT molecular complexity index is 427. The van der Waals surface area contributed by atoms with Crippen molar-refractivity contribution in [1.29, 1.82) is 0 Å². The quantitative estimate of drug-likeness (QED) is 0.878. The van der Waals surface area contributed by atoms with Crippen LogP contribution in [0.4, 0.5) is 0 Å². The molecule has 0 spiro atoms. The van der Waals surface area contributed by atoms with Crippen molar-refractivity contribution in [3.05, 3.63) is 40.9 Å². The molecule has 1 atom stereocenters. The van der Waals surface area contributed by atoms with Crippen LogP contribution in [0.25, 0.3) is 0 Å². The van der Waals surface area contributed by atoms with Crippen molar-refractivity contribution < 1.29 is 4.74 Å². The van der Waals surface area contributed by atoms with Gasteiger partial charge in [-0.15, -0.1) is 5.10 Å². The number of benzene rings is 1. The molecule has 1 aromatic heterocycles. The molecule has 1 N–H and O–H groups in total. The molecular formula is C11H13N3OS. The van der Waals surface area contributed by atoms with Gasteiger partial charge in [0.25, 0.3) is 0 Å². The molecule has 0 saturated heterocycles. The third-order valence-electron chi connectivity index (χ3n) is 2.41. The van der Waals surface area contributed by atoms with Crippen LogP contribution < -0.4 is 10.1 Å². The molecule has 0 amide bonds. The molecule has 0 fully saturated rings. The second-order valence-electron chi connectivity index (χ2n) is 3.32. The van der Waals surface area contributed by atoms with Crippen LogP contribution >= 0.6 is 11.5 Å². The molecule has 0 saturated carbocycles. The first-order valence-corrected chi connectivity index (χ1v) is 5.77. The summed E-state index contributed by atoms with van der Waals surface area (Å²) in [5.74, 6) is 0.856. The first-order valence-electron chi connectivity index (χ1n) is 4.93. The minimum atomic E-state index is 0.0876. The van der Waals surface area contributed by atoms with Crippen molar-refractivity contribution in [2.45, 2.75) is 6.04 Å². The number of aromatic nitrogens is 2. The van der Waals surface area contributed by atoms with Gasteiger partial charge in [-0.05, 0) is 36.3 Å². The Hall–Kier alpha value is -1.46. The van der Waals surface area contributed by atoms with Crippen molar-refractivity contribution in [3.8, 4) is 5.75 Å². The summed E-state index contributed by atoms with van der Waals surface area (Å²) in [6.45, 7) is 0. The van der Waals surface area contributed by atoms with Gasteiger partial charge in [0.15, 0.2) is 0 Å². The highest BCUT2D eigenvalue weighted by Gasteiger charge is 2.14. The minimum Gasteiger partial charge on any atom is -0.497 e. The fraction of sp³-hybridized carbons (Fsp3) is 0.273. The van der Waals surface area contributed by atoms with Gasteiger partial charge >= 0.3 is 0 Å². The van der Waals surface area contributed by atoms with Crippen LogP contribution in [0, 0.1) is 0 Å². The summed E-state index contributed by atoms with van der Waals surface area (Å²) >= 11 is 1.36. The van der Waals surface area contributed by atoms with E-state index in [-0.39, 0.29) is 6.04 Å². The number of hydrogen-bond donors (Lipinski definition) is 1. The molecule has 84 valence electrons. The Kier molecular flexibility index (Phi) is 3.48. The molecular weight excluding hydrogens is 222 g/mol. The maximum absolute atomic E-state index is 5.13. The van der Waals surface area contributed by atoms with Crippen molar-refractivity contribution in [3.63, 3.8) is 0 Å². The van der Waals surface area contributed by atoms with E-state index in [9.17, 15) is 0 Å². The summed E-state index contributed by atoms with van der Waals surface area (Å²) in [6, 6.07) is 8.03. The van der Waals surface area contributed by atoms with E-state index < -0.39 is 0 Å². The lowest BCUT2D eigenvalue weighted by atomic mass is 10.0. The van der Waals surface area contributed by atoms with E-state index >= 15 is 0 Å². The van der Waals surface area contributed by atoms with E-state index in [0.29, 0.717) is 0 Å². The highest BCUT2D eigenvalue weighted by Crippen LogP contribution is 2.22. The molecule has 0 radical (unpaired) electrons. The van der Waals surface area contributed by atoms with Gasteiger partial charge < -0.3 is 10.1 Å². The second-order valence-corrected chi connectivity index (χ2v) is 3.93. The predicted octanol–water partition coefficient (Wildman–Crippen LogP) is 1.86. The third kappa shape index (κ3) is 2.20. The third-order valence-corrected chi connectivity index (χ3v) is 2.93. The van der Waals surface area contributed by atoms with Gasteiger partial charge in [0.2, 0.25) is 0 Å². The van der Waals surface area contributed by atoms with Gasteiger partial charge in [-0.25, -0.2) is 0 Å². The van der Waals surface area contributed by atoms with Crippen LogP contribution in [0.5, 0.6) is 5.75 Å². The van der Waals surface area contributed by atoms with E-state index in [1.165, 1.54) is 11.5 Å². The number of nitrogens with one attached hydrogen (secondary N) is 1. The van der Waals surface area contributed by atoms with Gasteiger partial charge in [-0.3, -0.25) is 0 Å². The van der Waals surface area contributed by atoms with E-state index in [1.54, 1.807) is 7.11 Å². The summed E-state index contributed by atoms with van der Waals surface area (Å²) in [7, 11) is 3.57. The Morgan fingerprint density at radius 1 is 1.31 bits per heavy atom. The average Bonchev–Trinajstić information content (AvgIpc) is 2.85. The fourth-order valence-corrected chi connectivity index (χ4v) is 2.06. The fourth-order valence-electron chi connectivity index (χ4n) is 1.58. The first-order chi connectivity index (χ1) is 7.85. The molecule has 2 aromatic rings. The topological polar surface area (TPSA) is 47.0 Å². The summed E-state index contributed by atoms with van der Waals surface area (Å²) in [4.78, 5) is 0. The predicted molar refractivity (Wildman–Crippen MR) is 63.8 cm³/mol. The van der Waals surface area contributed by atoms with Crippen LogP contribution in [0.15, 0.2) is 29.6 Å². The Morgan fingerprint density at radius 2 is 2.06 bits per heavy atom. The van der Waals surface area contributed by atoms with Crippen LogP contribution in [0.3, 0.4) is 0 Å². The lowest BCUT2D eigenvalue weighted by Crippen LogP contribution is -2.17. The Morgan fingerprint density at radius 3 is 2.56 bits per heavy atom. The number of ether oxygens (including phenoxy) is 1. The number of nitrogens with zero attached hydrogens (tertiary/aromatic N) is 2. The van der Waals surface area contributed by atoms with Crippen molar-refractivity contribution in [2.24, 2.45) is 0 Å². The Balaban J connectivity index is 2.27. The molecule has 1 heterocycles. The summed E-state index contributed by atoms with van der Waals surface area (Å²) in [5, 5.41) is 9.25. The van der Waals surface area contributed by atoms with E-state index in [1.807, 2.05) is 36.7 Å². The number of hydrogen-bond acceptors (Lipinski definition) is 5. The monoisotopic (exact) mass is 235 g/mol. The minimum absolute atomic E-state index is 0.0876. The summed E-state index contributed by atoms with van der Waals surface area (Å²) in [5.41, 5.74) is 2.09. The second kappa shape index (κ2) is 5.05. The molecule has 0 aliphatic carbocycles. The molecule has 1 aromatic carbocycles. The lowest BCUT2D eigenvalue weighted by Gasteiger charge is -2.13. The first kappa shape index (κ1) is 11.0. The van der Waals surface area contributed by atoms with Crippen molar-refractivity contribution in [2.75, 3.05) is 14.2 Å². The normalized spacial score (nSPS) is 12.4. The lowest BCUT2D eigenvalue weighted by molar-refractivity contribution is 0.414. The zero-order chi connectivity index (χ0) is 11.4. The van der Waals surface area contributed by atoms with Crippen LogP contribution in [0.1, 0.15) is 17.3 Å². The average molecular weight is 235 g/mol. The van der Waals surface area contributed by atoms with Crippen LogP contribution in [0.2, 0.25) is 0 Å². The zero-order valence-corrected chi connectivity index (χ0v) is 9.99. The molecule has 16 heavy (non-hydrogen) atoms. The van der Waals surface area contributed by atoms with Gasteiger partial charge in [-0.2, -0.15) is 0 Å². The number of methoxy groups -OCH3 is 1. The summed E-state index contributed by atoms with van der Waals surface area (Å²) < 4.78 is 9.00. The van der Waals surface area contributed by atoms with E-state index in [4.69, 9.17) is 4.74 Å². The largest absolute Gasteiger partial charge is 0.497 e. The molecule has 2 rings (SSSR count). The molecule has 0 bridgehead atoms. The van der Waals surface area contributed by atoms with Crippen molar-refractivity contribution >= 4 is 11.5 Å². The molecule has 5 heteroatoms. The van der Waals surface area contributed by atoms with Gasteiger partial charge in [0.1, 0.15) is 5.75 Å². The smallest absolute Gasteiger partial charge is 0.118 e. The highest BCUT2D eigenvalue weighted by molar-refractivity contribution is 7.03. The maximum Gasteiger partial charge on any atom is 0.118 e. The SMILES string of the molecule is CNC(c1ccc(OC)cc1)c1csnn1. The van der Waals surface area contributed by atoms with E-state index in [2.05, 4.69) is 14.9 Å². The number of rotatable bonds is 4. The van der Waals surface area contributed by atoms with Crippen molar-refractivity contribution in [1.82, 2.24) is 14.9 Å². The standard InChI is InChI=1S/C11H13N3OS/c1-12-11(10-7-16-14-13-10)8-3-5-9(15-2)6-4-8/h3-7,11-12H,1-2H3. The molecule has 4 nitrogen and oxygen atoms in total. The van der Waals surface area contributed by atoms with E-state index in [0.717, 1.165) is 17.0 Å². The summed E-state index contributed by atoms with van der Waals surface area (Å²) in [6.07, 6.45) is 0. The van der Waals surface area contributed by atoms with Crippen LogP contribution in [-0.4, -0.2) is 23.7 Å². The van der Waals surface area contributed by atoms with Gasteiger partial charge in [0, 0.05) is 5.38 Å². The van der Waals surface area contributed by atoms with Crippen LogP contribution in [-0.2, 0) is 0 Å². The van der Waals surface area contributed by atoms with Gasteiger partial charge in [0.05, 0.1) is 18.8 Å². The highest BCUT2D eigenvalue weighted by atomic mass is 32.1. The zero-order valence-electron chi connectivity index (χ0n) is 9.18. The molecule has 1 unspecified atom stereocenters.